The van der Waals surface area contributed by atoms with E-state index < -0.39 is 28.7 Å². The Balaban J connectivity index is 2.23. The van der Waals surface area contributed by atoms with Gasteiger partial charge in [0, 0.05) is 5.92 Å². The molecule has 0 aromatic carbocycles. The first-order valence-corrected chi connectivity index (χ1v) is 11.2. The van der Waals surface area contributed by atoms with Crippen LogP contribution in [0.1, 0.15) is 58.0 Å². The van der Waals surface area contributed by atoms with Gasteiger partial charge in [0.15, 0.2) is 0 Å². The summed E-state index contributed by atoms with van der Waals surface area (Å²) in [5.74, 6) is -0.777. The zero-order chi connectivity index (χ0) is 24.9. The fraction of sp³-hybridized carbons (Fsp3) is 0.773. The number of hydrogen-bond acceptors (Lipinski definition) is 10. The minimum Gasteiger partial charge on any atom is -0.466 e. The second-order valence-electron chi connectivity index (χ2n) is 9.68. The zero-order valence-electron chi connectivity index (χ0n) is 19.9. The summed E-state index contributed by atoms with van der Waals surface area (Å²) < 4.78 is 11.3. The average molecular weight is 470 g/mol. The predicted molar refractivity (Wildman–Crippen MR) is 118 cm³/mol. The monoisotopic (exact) mass is 469 g/mol. The van der Waals surface area contributed by atoms with Gasteiger partial charge in [-0.1, -0.05) is 0 Å². The van der Waals surface area contributed by atoms with E-state index in [0.29, 0.717) is 31.5 Å². The first-order chi connectivity index (χ1) is 15.3. The van der Waals surface area contributed by atoms with Crippen LogP contribution in [0.25, 0.3) is 0 Å². The first kappa shape index (κ1) is 26.9. The molecule has 186 valence electrons. The van der Waals surface area contributed by atoms with E-state index in [1.54, 1.807) is 27.7 Å². The van der Waals surface area contributed by atoms with Crippen LogP contribution in [0, 0.1) is 41.2 Å². The molecule has 1 aromatic rings. The smallest absolute Gasteiger partial charge is 0.351 e. The fourth-order valence-electron chi connectivity index (χ4n) is 4.06. The molecule has 0 bridgehead atoms. The highest BCUT2D eigenvalue weighted by Gasteiger charge is 2.45. The van der Waals surface area contributed by atoms with Gasteiger partial charge in [-0.3, -0.25) is 14.9 Å². The van der Waals surface area contributed by atoms with E-state index in [9.17, 15) is 25.1 Å². The van der Waals surface area contributed by atoms with Crippen LogP contribution < -0.4 is 4.74 Å². The number of aliphatic hydroxyl groups excluding tert-OH is 3. The molecule has 0 saturated heterocycles. The van der Waals surface area contributed by atoms with E-state index in [0.717, 1.165) is 0 Å². The molecule has 11 heteroatoms. The lowest BCUT2D eigenvalue weighted by molar-refractivity contribution is -0.387. The van der Waals surface area contributed by atoms with E-state index in [1.165, 1.54) is 6.92 Å². The Morgan fingerprint density at radius 3 is 2.48 bits per heavy atom. The number of nitro groups is 1. The Morgan fingerprint density at radius 2 is 1.91 bits per heavy atom. The molecular formula is C22H35N3O8. The van der Waals surface area contributed by atoms with Crippen LogP contribution in [0.3, 0.4) is 0 Å². The highest BCUT2D eigenvalue weighted by atomic mass is 16.6. The molecule has 1 aromatic heterocycles. The molecule has 1 saturated carbocycles. The maximum absolute atomic E-state index is 12.1. The third-order valence-corrected chi connectivity index (χ3v) is 5.87. The highest BCUT2D eigenvalue weighted by molar-refractivity contribution is 5.75. The maximum atomic E-state index is 12.1. The summed E-state index contributed by atoms with van der Waals surface area (Å²) >= 11 is 0. The molecule has 1 unspecified atom stereocenters. The molecular weight excluding hydrogens is 434 g/mol. The van der Waals surface area contributed by atoms with Gasteiger partial charge in [-0.15, -0.1) is 0 Å². The van der Waals surface area contributed by atoms with Gasteiger partial charge in [-0.25, -0.2) is 4.98 Å². The summed E-state index contributed by atoms with van der Waals surface area (Å²) in [7, 11) is 0. The Bertz CT molecular complexity index is 842. The Morgan fingerprint density at radius 1 is 1.24 bits per heavy atom. The summed E-state index contributed by atoms with van der Waals surface area (Å²) in [5.41, 5.74) is -0.844. The van der Waals surface area contributed by atoms with Crippen LogP contribution >= 0.6 is 0 Å². The van der Waals surface area contributed by atoms with Gasteiger partial charge in [0.2, 0.25) is 0 Å². The van der Waals surface area contributed by atoms with Crippen molar-refractivity contribution in [2.24, 2.45) is 17.3 Å². The van der Waals surface area contributed by atoms with Crippen LogP contribution in [0.4, 0.5) is 5.69 Å². The molecule has 0 radical (unpaired) electrons. The van der Waals surface area contributed by atoms with Crippen molar-refractivity contribution in [3.63, 3.8) is 0 Å². The van der Waals surface area contributed by atoms with Crippen LogP contribution in [-0.2, 0) is 9.53 Å². The minimum absolute atomic E-state index is 0.114. The molecule has 3 N–H and O–H groups in total. The molecule has 0 amide bonds. The molecule has 11 nitrogen and oxygen atoms in total. The van der Waals surface area contributed by atoms with Gasteiger partial charge in [0.1, 0.15) is 17.6 Å². The second-order valence-corrected chi connectivity index (χ2v) is 9.68. The molecule has 0 aliphatic heterocycles. The van der Waals surface area contributed by atoms with E-state index in [2.05, 4.69) is 9.97 Å². The number of hydrogen-bond donors (Lipinski definition) is 3. The van der Waals surface area contributed by atoms with E-state index in [-0.39, 0.29) is 48.3 Å². The van der Waals surface area contributed by atoms with Gasteiger partial charge < -0.3 is 24.8 Å². The molecule has 5 atom stereocenters. The number of aromatic nitrogens is 2. The summed E-state index contributed by atoms with van der Waals surface area (Å²) in [6.45, 7) is 8.08. The van der Waals surface area contributed by atoms with E-state index in [1.807, 2.05) is 0 Å². The van der Waals surface area contributed by atoms with Crippen LogP contribution in [-0.4, -0.2) is 67.7 Å². The molecule has 0 spiro atoms. The molecule has 1 fully saturated rings. The van der Waals surface area contributed by atoms with Crippen molar-refractivity contribution in [2.75, 3.05) is 13.2 Å². The van der Waals surface area contributed by atoms with Crippen LogP contribution in [0.5, 0.6) is 5.88 Å². The minimum atomic E-state index is -0.977. The average Bonchev–Trinajstić information content (AvgIpc) is 2.99. The standard InChI is InChI=1S/C22H35N3O8/c1-12-17(25(30)31)20(24-13(2)23-12)33-19-15(8-9-32-21(29)22(3,4)5)10-14(18(19)28)6-7-16(27)11-26/h14-16,18-19,26-28H,6-11H2,1-5H3/t14-,15-,16?,18-,19+/m0/s1. The van der Waals surface area contributed by atoms with Crippen molar-refractivity contribution in [3.05, 3.63) is 21.6 Å². The van der Waals surface area contributed by atoms with Crippen molar-refractivity contribution < 1.29 is 34.5 Å². The van der Waals surface area contributed by atoms with Gasteiger partial charge >= 0.3 is 11.7 Å². The lowest BCUT2D eigenvalue weighted by atomic mass is 9.96. The third kappa shape index (κ3) is 7.05. The summed E-state index contributed by atoms with van der Waals surface area (Å²) in [5, 5.41) is 41.3. The van der Waals surface area contributed by atoms with Gasteiger partial charge in [0.05, 0.1) is 35.8 Å². The SMILES string of the molecule is Cc1nc(C)c([N+](=O)[O-])c(O[C@@H]2[C@@H](CCOC(=O)C(C)(C)C)C[C@H](CCC(O)CO)[C@@H]2O)n1. The van der Waals surface area contributed by atoms with Gasteiger partial charge in [-0.05, 0) is 66.2 Å². The second kappa shape index (κ2) is 11.2. The van der Waals surface area contributed by atoms with Crippen molar-refractivity contribution >= 4 is 11.7 Å². The number of nitrogens with zero attached hydrogens (tertiary/aromatic N) is 3. The fourth-order valence-corrected chi connectivity index (χ4v) is 4.06. The Kier molecular flexibility index (Phi) is 9.10. The number of carbonyl (C=O) groups is 1. The predicted octanol–water partition coefficient (Wildman–Crippen LogP) is 1.86. The number of ether oxygens (including phenoxy) is 2. The van der Waals surface area contributed by atoms with Crippen molar-refractivity contribution in [1.29, 1.82) is 0 Å². The lowest BCUT2D eigenvalue weighted by Crippen LogP contribution is -2.35. The van der Waals surface area contributed by atoms with Crippen molar-refractivity contribution in [1.82, 2.24) is 9.97 Å². The van der Waals surface area contributed by atoms with Gasteiger partial charge in [0.25, 0.3) is 5.88 Å². The zero-order valence-corrected chi connectivity index (χ0v) is 19.9. The largest absolute Gasteiger partial charge is 0.466 e. The molecule has 1 aliphatic rings. The third-order valence-electron chi connectivity index (χ3n) is 5.87. The first-order valence-electron chi connectivity index (χ1n) is 11.2. The van der Waals surface area contributed by atoms with Crippen LogP contribution in [0.15, 0.2) is 0 Å². The van der Waals surface area contributed by atoms with E-state index >= 15 is 0 Å². The quantitative estimate of drug-likeness (QED) is 0.261. The maximum Gasteiger partial charge on any atom is 0.351 e. The molecule has 33 heavy (non-hydrogen) atoms. The van der Waals surface area contributed by atoms with Crippen molar-refractivity contribution in [3.8, 4) is 5.88 Å². The number of esters is 1. The Labute approximate surface area is 193 Å². The number of carbonyl (C=O) groups excluding carboxylic acids is 1. The van der Waals surface area contributed by atoms with Gasteiger partial charge in [-0.2, -0.15) is 4.98 Å². The lowest BCUT2D eigenvalue weighted by Gasteiger charge is -2.24. The molecule has 1 heterocycles. The molecule has 2 rings (SSSR count). The highest BCUT2D eigenvalue weighted by Crippen LogP contribution is 2.40. The summed E-state index contributed by atoms with van der Waals surface area (Å²) in [6, 6.07) is 0. The normalized spacial score (nSPS) is 23.9. The Hall–Kier alpha value is -2.37. The van der Waals surface area contributed by atoms with Crippen molar-refractivity contribution in [2.45, 2.75) is 78.6 Å². The topological polar surface area (TPSA) is 165 Å². The number of aliphatic hydroxyl groups is 3. The summed E-state index contributed by atoms with van der Waals surface area (Å²) in [6.07, 6.45) is -1.06. The number of rotatable bonds is 10. The van der Waals surface area contributed by atoms with E-state index in [4.69, 9.17) is 14.6 Å². The molecule has 1 aliphatic carbocycles. The summed E-state index contributed by atoms with van der Waals surface area (Å²) in [4.78, 5) is 31.2. The number of aryl methyl sites for hydroxylation is 2. The van der Waals surface area contributed by atoms with Crippen LogP contribution in [0.2, 0.25) is 0 Å².